The predicted octanol–water partition coefficient (Wildman–Crippen LogP) is 2.55. The fourth-order valence-corrected chi connectivity index (χ4v) is 2.16. The van der Waals surface area contributed by atoms with Crippen molar-refractivity contribution in [3.05, 3.63) is 0 Å². The summed E-state index contributed by atoms with van der Waals surface area (Å²) in [5, 5.41) is 3.51. The Bertz CT molecular complexity index is 182. The van der Waals surface area contributed by atoms with E-state index in [1.807, 2.05) is 0 Å². The van der Waals surface area contributed by atoms with Crippen molar-refractivity contribution in [1.29, 1.82) is 0 Å². The molecule has 1 N–H and O–H groups in total. The number of rotatable bonds is 1. The summed E-state index contributed by atoms with van der Waals surface area (Å²) in [6.07, 6.45) is 2.08. The lowest BCUT2D eigenvalue weighted by Gasteiger charge is -2.17. The van der Waals surface area contributed by atoms with Crippen LogP contribution in [0.2, 0.25) is 0 Å². The average molecular weight is 209 g/mol. The van der Waals surface area contributed by atoms with Crippen LogP contribution in [0.1, 0.15) is 26.7 Å². The summed E-state index contributed by atoms with van der Waals surface area (Å²) in [5.41, 5.74) is -0.167. The van der Waals surface area contributed by atoms with Crippen LogP contribution < -0.4 is 5.32 Å². The van der Waals surface area contributed by atoms with E-state index in [1.165, 1.54) is 0 Å². The van der Waals surface area contributed by atoms with E-state index in [1.54, 1.807) is 0 Å². The molecule has 0 spiro atoms. The minimum Gasteiger partial charge on any atom is -0.358 e. The van der Waals surface area contributed by atoms with Gasteiger partial charge in [-0.25, -0.2) is 4.99 Å². The summed E-state index contributed by atoms with van der Waals surface area (Å²) in [7, 11) is 0. The monoisotopic (exact) mass is 208 g/mol. The van der Waals surface area contributed by atoms with Gasteiger partial charge in [0.05, 0.1) is 0 Å². The molecule has 0 saturated carbocycles. The van der Waals surface area contributed by atoms with Gasteiger partial charge in [-0.3, -0.25) is 0 Å². The smallest absolute Gasteiger partial charge is 0.192 e. The molecule has 0 radical (unpaired) electrons. The highest BCUT2D eigenvalue weighted by Crippen LogP contribution is 2.24. The topological polar surface area (TPSA) is 24.4 Å². The molecule has 0 bridgehead atoms. The molecule has 0 aromatic carbocycles. The number of aliphatic imine (C=N–C) groups is 1. The van der Waals surface area contributed by atoms with E-state index in [2.05, 4.69) is 24.2 Å². The van der Waals surface area contributed by atoms with E-state index < -0.39 is 0 Å². The molecule has 1 heterocycles. The van der Waals surface area contributed by atoms with Gasteiger partial charge >= 0.3 is 0 Å². The number of nitrogens with one attached hydrogen (secondary N) is 1. The van der Waals surface area contributed by atoms with Crippen LogP contribution in [-0.4, -0.2) is 16.8 Å². The minimum absolute atomic E-state index is 0.167. The standard InChI is InChI=1S/C8H14Cl2N2/c1-3-6-4-5(2)11-8(10)12-7(6)9/h5-7H,3-4H2,1-2H3,(H,11,12)/t5-,6?,7?/m1/s1. The van der Waals surface area contributed by atoms with Gasteiger partial charge in [0.25, 0.3) is 0 Å². The Morgan fingerprint density at radius 1 is 1.67 bits per heavy atom. The normalized spacial score (nSPS) is 36.7. The van der Waals surface area contributed by atoms with Crippen molar-refractivity contribution >= 4 is 28.5 Å². The minimum atomic E-state index is -0.167. The summed E-state index contributed by atoms with van der Waals surface area (Å²) < 4.78 is 0. The third-order valence-electron chi connectivity index (χ3n) is 2.17. The molecule has 1 aliphatic heterocycles. The van der Waals surface area contributed by atoms with Gasteiger partial charge in [0.2, 0.25) is 0 Å². The van der Waals surface area contributed by atoms with Crippen molar-refractivity contribution in [3.8, 4) is 0 Å². The molecule has 0 aromatic rings. The number of hydrogen-bond acceptors (Lipinski definition) is 2. The van der Waals surface area contributed by atoms with E-state index >= 15 is 0 Å². The van der Waals surface area contributed by atoms with Gasteiger partial charge in [-0.05, 0) is 37.3 Å². The second-order valence-corrected chi connectivity index (χ2v) is 4.05. The van der Waals surface area contributed by atoms with E-state index in [0.717, 1.165) is 12.8 Å². The van der Waals surface area contributed by atoms with E-state index in [0.29, 0.717) is 17.3 Å². The summed E-state index contributed by atoms with van der Waals surface area (Å²) >= 11 is 11.8. The summed E-state index contributed by atoms with van der Waals surface area (Å²) in [4.78, 5) is 4.12. The molecule has 0 aromatic heterocycles. The number of nitrogens with zero attached hydrogens (tertiary/aromatic N) is 1. The molecule has 70 valence electrons. The number of hydrogen-bond donors (Lipinski definition) is 1. The molecule has 2 unspecified atom stereocenters. The van der Waals surface area contributed by atoms with Gasteiger partial charge in [0.1, 0.15) is 5.50 Å². The Balaban J connectivity index is 2.68. The Labute approximate surface area is 83.3 Å². The van der Waals surface area contributed by atoms with Crippen molar-refractivity contribution in [2.45, 2.75) is 38.2 Å². The highest BCUT2D eigenvalue weighted by Gasteiger charge is 2.23. The van der Waals surface area contributed by atoms with Crippen molar-refractivity contribution in [2.75, 3.05) is 0 Å². The molecule has 3 atom stereocenters. The molecule has 0 amide bonds. The van der Waals surface area contributed by atoms with Crippen LogP contribution in [0.5, 0.6) is 0 Å². The summed E-state index contributed by atoms with van der Waals surface area (Å²) in [6.45, 7) is 4.22. The fourth-order valence-electron chi connectivity index (χ4n) is 1.44. The van der Waals surface area contributed by atoms with Gasteiger partial charge in [0.15, 0.2) is 5.29 Å². The average Bonchev–Trinajstić information content (AvgIpc) is 2.09. The SMILES string of the molecule is CCC1C[C@@H](C)NC(Cl)=NC1Cl. The van der Waals surface area contributed by atoms with Crippen molar-refractivity contribution < 1.29 is 0 Å². The first kappa shape index (κ1) is 10.1. The maximum absolute atomic E-state index is 6.04. The zero-order valence-electron chi connectivity index (χ0n) is 7.35. The summed E-state index contributed by atoms with van der Waals surface area (Å²) in [5.74, 6) is 0.436. The van der Waals surface area contributed by atoms with E-state index in [9.17, 15) is 0 Å². The lowest BCUT2D eigenvalue weighted by atomic mass is 9.98. The molecule has 4 heteroatoms. The molecule has 2 nitrogen and oxygen atoms in total. The molecular weight excluding hydrogens is 195 g/mol. The zero-order valence-corrected chi connectivity index (χ0v) is 8.86. The Morgan fingerprint density at radius 3 is 2.92 bits per heavy atom. The largest absolute Gasteiger partial charge is 0.358 e. The maximum Gasteiger partial charge on any atom is 0.192 e. The third-order valence-corrected chi connectivity index (χ3v) is 2.83. The third kappa shape index (κ3) is 2.53. The number of halogens is 2. The van der Waals surface area contributed by atoms with Crippen LogP contribution in [0.3, 0.4) is 0 Å². The number of amidine groups is 1. The molecule has 1 rings (SSSR count). The lowest BCUT2D eigenvalue weighted by molar-refractivity contribution is 0.419. The zero-order chi connectivity index (χ0) is 9.14. The van der Waals surface area contributed by atoms with Gasteiger partial charge in [-0.1, -0.05) is 18.5 Å². The first-order valence-corrected chi connectivity index (χ1v) is 5.08. The van der Waals surface area contributed by atoms with E-state index in [4.69, 9.17) is 23.2 Å². The quantitative estimate of drug-likeness (QED) is 0.520. The second-order valence-electron chi connectivity index (χ2n) is 3.24. The summed E-state index contributed by atoms with van der Waals surface area (Å²) in [6, 6.07) is 0.370. The fraction of sp³-hybridized carbons (Fsp3) is 0.875. The first-order chi connectivity index (χ1) is 5.63. The Hall–Kier alpha value is 0.0500. The molecule has 0 saturated heterocycles. The molecule has 12 heavy (non-hydrogen) atoms. The Morgan fingerprint density at radius 2 is 2.33 bits per heavy atom. The highest BCUT2D eigenvalue weighted by atomic mass is 35.5. The van der Waals surface area contributed by atoms with Crippen LogP contribution >= 0.6 is 23.2 Å². The molecule has 0 fully saturated rings. The Kier molecular flexibility index (Phi) is 3.66. The van der Waals surface area contributed by atoms with Crippen LogP contribution in [-0.2, 0) is 0 Å². The van der Waals surface area contributed by atoms with Crippen molar-refractivity contribution in [3.63, 3.8) is 0 Å². The van der Waals surface area contributed by atoms with Crippen LogP contribution in [0.15, 0.2) is 4.99 Å². The lowest BCUT2D eigenvalue weighted by Crippen LogP contribution is -2.28. The van der Waals surface area contributed by atoms with Crippen LogP contribution in [0, 0.1) is 5.92 Å². The van der Waals surface area contributed by atoms with Gasteiger partial charge in [-0.15, -0.1) is 0 Å². The van der Waals surface area contributed by atoms with Crippen molar-refractivity contribution in [2.24, 2.45) is 10.9 Å². The highest BCUT2D eigenvalue weighted by molar-refractivity contribution is 6.64. The van der Waals surface area contributed by atoms with Crippen LogP contribution in [0.25, 0.3) is 0 Å². The van der Waals surface area contributed by atoms with Crippen molar-refractivity contribution in [1.82, 2.24) is 5.32 Å². The maximum atomic E-state index is 6.04. The predicted molar refractivity (Wildman–Crippen MR) is 53.9 cm³/mol. The van der Waals surface area contributed by atoms with Gasteiger partial charge in [-0.2, -0.15) is 0 Å². The second kappa shape index (κ2) is 4.33. The van der Waals surface area contributed by atoms with E-state index in [-0.39, 0.29) is 5.50 Å². The molecule has 1 aliphatic rings. The first-order valence-electron chi connectivity index (χ1n) is 4.27. The van der Waals surface area contributed by atoms with Crippen LogP contribution in [0.4, 0.5) is 0 Å². The van der Waals surface area contributed by atoms with Gasteiger partial charge in [0, 0.05) is 6.04 Å². The molecular formula is C8H14Cl2N2. The number of alkyl halides is 1. The molecule has 0 aliphatic carbocycles. The van der Waals surface area contributed by atoms with Gasteiger partial charge < -0.3 is 5.32 Å².